The third kappa shape index (κ3) is 2.97. The van der Waals surface area contributed by atoms with Crippen LogP contribution >= 0.6 is 0 Å². The highest BCUT2D eigenvalue weighted by Gasteiger charge is 2.19. The number of aromatic nitrogens is 4. The molecule has 0 N–H and O–H groups in total. The number of furan rings is 1. The number of benzene rings is 2. The summed E-state index contributed by atoms with van der Waals surface area (Å²) in [6, 6.07) is 20.4. The Labute approximate surface area is 171 Å². The lowest BCUT2D eigenvalue weighted by molar-refractivity contribution is 0.340. The van der Waals surface area contributed by atoms with Gasteiger partial charge in [0.05, 0.1) is 30.4 Å². The van der Waals surface area contributed by atoms with Gasteiger partial charge in [-0.05, 0) is 55.5 Å². The number of hydrogen-bond acceptors (Lipinski definition) is 5. The minimum absolute atomic E-state index is 0.224. The molecule has 5 aromatic rings. The molecular weight excluding hydrogens is 380 g/mol. The molecule has 0 radical (unpaired) electrons. The van der Waals surface area contributed by atoms with Gasteiger partial charge in [0.2, 0.25) is 0 Å². The van der Waals surface area contributed by atoms with Crippen molar-refractivity contribution in [3.8, 4) is 28.7 Å². The zero-order valence-corrected chi connectivity index (χ0v) is 16.2. The van der Waals surface area contributed by atoms with Crippen LogP contribution in [0.5, 0.6) is 5.75 Å². The fourth-order valence-corrected chi connectivity index (χ4v) is 3.39. The summed E-state index contributed by atoms with van der Waals surface area (Å²) in [7, 11) is 0. The van der Waals surface area contributed by atoms with Crippen LogP contribution in [0.25, 0.3) is 34.0 Å². The van der Waals surface area contributed by atoms with Crippen molar-refractivity contribution in [1.29, 1.82) is 0 Å². The van der Waals surface area contributed by atoms with E-state index in [0.29, 0.717) is 34.9 Å². The molecule has 0 spiro atoms. The van der Waals surface area contributed by atoms with E-state index in [-0.39, 0.29) is 5.56 Å². The molecule has 7 heteroatoms. The smallest absolute Gasteiger partial charge is 0.269 e. The molecule has 0 unspecified atom stereocenters. The average Bonchev–Trinajstić information content (AvgIpc) is 3.46. The van der Waals surface area contributed by atoms with Crippen LogP contribution in [0.1, 0.15) is 6.92 Å². The molecule has 0 aliphatic heterocycles. The molecule has 7 nitrogen and oxygen atoms in total. The van der Waals surface area contributed by atoms with Crippen molar-refractivity contribution >= 4 is 11.0 Å². The lowest BCUT2D eigenvalue weighted by atomic mass is 10.2. The third-order valence-corrected chi connectivity index (χ3v) is 4.75. The summed E-state index contributed by atoms with van der Waals surface area (Å²) in [5, 5.41) is 4.83. The Bertz CT molecular complexity index is 1350. The predicted octanol–water partition coefficient (Wildman–Crippen LogP) is 4.23. The van der Waals surface area contributed by atoms with Gasteiger partial charge in [-0.3, -0.25) is 9.36 Å². The van der Waals surface area contributed by atoms with Crippen molar-refractivity contribution in [2.45, 2.75) is 6.92 Å². The van der Waals surface area contributed by atoms with Crippen LogP contribution in [0.2, 0.25) is 0 Å². The SMILES string of the molecule is CCOc1ccc(-n2c(-c3ccco3)nc3c(cnn3-c3ccccc3)c2=O)cc1. The number of hydrogen-bond donors (Lipinski definition) is 0. The van der Waals surface area contributed by atoms with E-state index in [0.717, 1.165) is 11.4 Å². The van der Waals surface area contributed by atoms with Crippen LogP contribution in [0, 0.1) is 0 Å². The van der Waals surface area contributed by atoms with E-state index < -0.39 is 0 Å². The van der Waals surface area contributed by atoms with Crippen LogP contribution in [0.3, 0.4) is 0 Å². The summed E-state index contributed by atoms with van der Waals surface area (Å²) in [5.74, 6) is 1.63. The fraction of sp³-hybridized carbons (Fsp3) is 0.0870. The highest BCUT2D eigenvalue weighted by molar-refractivity contribution is 5.78. The standard InChI is InChI=1S/C23H18N4O3/c1-2-29-18-12-10-16(11-13-18)26-22(20-9-6-14-30-20)25-21-19(23(26)28)15-24-27(21)17-7-4-3-5-8-17/h3-15H,2H2,1H3. The van der Waals surface area contributed by atoms with E-state index in [1.807, 2.05) is 61.5 Å². The summed E-state index contributed by atoms with van der Waals surface area (Å²) in [6.07, 6.45) is 3.11. The number of fused-ring (bicyclic) bond motifs is 1. The summed E-state index contributed by atoms with van der Waals surface area (Å²) in [5.41, 5.74) is 1.73. The molecule has 0 aliphatic carbocycles. The van der Waals surface area contributed by atoms with E-state index in [1.165, 1.54) is 4.57 Å². The summed E-state index contributed by atoms with van der Waals surface area (Å²) in [6.45, 7) is 2.50. The molecular formula is C23H18N4O3. The quantitative estimate of drug-likeness (QED) is 0.443. The molecule has 0 aliphatic rings. The number of ether oxygens (including phenoxy) is 1. The monoisotopic (exact) mass is 398 g/mol. The lowest BCUT2D eigenvalue weighted by Crippen LogP contribution is -2.21. The minimum Gasteiger partial charge on any atom is -0.494 e. The second kappa shape index (κ2) is 7.36. The Morgan fingerprint density at radius 2 is 1.77 bits per heavy atom. The zero-order chi connectivity index (χ0) is 20.5. The predicted molar refractivity (Wildman–Crippen MR) is 113 cm³/mol. The average molecular weight is 398 g/mol. The Morgan fingerprint density at radius 1 is 0.967 bits per heavy atom. The molecule has 0 amide bonds. The van der Waals surface area contributed by atoms with Crippen molar-refractivity contribution in [2.75, 3.05) is 6.61 Å². The summed E-state index contributed by atoms with van der Waals surface area (Å²) >= 11 is 0. The Balaban J connectivity index is 1.77. The minimum atomic E-state index is -0.224. The van der Waals surface area contributed by atoms with Crippen LogP contribution in [0.4, 0.5) is 0 Å². The number of para-hydroxylation sites is 1. The topological polar surface area (TPSA) is 75.1 Å². The first-order valence-corrected chi connectivity index (χ1v) is 9.59. The van der Waals surface area contributed by atoms with Gasteiger partial charge in [0.1, 0.15) is 11.1 Å². The first-order valence-electron chi connectivity index (χ1n) is 9.59. The maximum Gasteiger partial charge on any atom is 0.269 e. The second-order valence-electron chi connectivity index (χ2n) is 6.61. The number of nitrogens with zero attached hydrogens (tertiary/aromatic N) is 4. The Hall–Kier alpha value is -4.13. The van der Waals surface area contributed by atoms with E-state index in [9.17, 15) is 4.79 Å². The molecule has 0 atom stereocenters. The highest BCUT2D eigenvalue weighted by atomic mass is 16.5. The molecule has 3 aromatic heterocycles. The first-order chi connectivity index (χ1) is 14.8. The number of rotatable bonds is 5. The molecule has 0 fully saturated rings. The van der Waals surface area contributed by atoms with E-state index in [4.69, 9.17) is 14.1 Å². The normalized spacial score (nSPS) is 11.1. The Morgan fingerprint density at radius 3 is 2.47 bits per heavy atom. The van der Waals surface area contributed by atoms with Crippen molar-refractivity contribution in [3.05, 3.63) is 89.5 Å². The zero-order valence-electron chi connectivity index (χ0n) is 16.2. The van der Waals surface area contributed by atoms with Crippen molar-refractivity contribution in [1.82, 2.24) is 19.3 Å². The van der Waals surface area contributed by atoms with Crippen molar-refractivity contribution < 1.29 is 9.15 Å². The Kier molecular flexibility index (Phi) is 4.40. The van der Waals surface area contributed by atoms with Gasteiger partial charge in [0.15, 0.2) is 17.2 Å². The lowest BCUT2D eigenvalue weighted by Gasteiger charge is -2.12. The maximum atomic E-state index is 13.5. The van der Waals surface area contributed by atoms with Crippen LogP contribution in [-0.2, 0) is 0 Å². The second-order valence-corrected chi connectivity index (χ2v) is 6.61. The van der Waals surface area contributed by atoms with Crippen LogP contribution < -0.4 is 10.3 Å². The molecule has 0 saturated heterocycles. The largest absolute Gasteiger partial charge is 0.494 e. The molecule has 148 valence electrons. The van der Waals surface area contributed by atoms with Gasteiger partial charge in [0.25, 0.3) is 5.56 Å². The third-order valence-electron chi connectivity index (χ3n) is 4.75. The van der Waals surface area contributed by atoms with Crippen molar-refractivity contribution in [3.63, 3.8) is 0 Å². The van der Waals surface area contributed by atoms with Gasteiger partial charge < -0.3 is 9.15 Å². The molecule has 3 heterocycles. The van der Waals surface area contributed by atoms with E-state index in [1.54, 1.807) is 29.3 Å². The van der Waals surface area contributed by atoms with Gasteiger partial charge >= 0.3 is 0 Å². The van der Waals surface area contributed by atoms with Crippen LogP contribution in [0.15, 0.2) is 88.4 Å². The van der Waals surface area contributed by atoms with Gasteiger partial charge in [-0.15, -0.1) is 0 Å². The molecule has 0 bridgehead atoms. The molecule has 5 rings (SSSR count). The molecule has 30 heavy (non-hydrogen) atoms. The van der Waals surface area contributed by atoms with Crippen LogP contribution in [-0.4, -0.2) is 25.9 Å². The van der Waals surface area contributed by atoms with Gasteiger partial charge in [-0.25, -0.2) is 9.67 Å². The highest BCUT2D eigenvalue weighted by Crippen LogP contribution is 2.24. The summed E-state index contributed by atoms with van der Waals surface area (Å²) < 4.78 is 14.3. The fourth-order valence-electron chi connectivity index (χ4n) is 3.39. The summed E-state index contributed by atoms with van der Waals surface area (Å²) in [4.78, 5) is 18.3. The maximum absolute atomic E-state index is 13.5. The van der Waals surface area contributed by atoms with Gasteiger partial charge in [-0.1, -0.05) is 18.2 Å². The molecule has 0 saturated carbocycles. The first kappa shape index (κ1) is 17.9. The molecule has 2 aromatic carbocycles. The van der Waals surface area contributed by atoms with Crippen molar-refractivity contribution in [2.24, 2.45) is 0 Å². The van der Waals surface area contributed by atoms with Gasteiger partial charge in [-0.2, -0.15) is 5.10 Å². The van der Waals surface area contributed by atoms with E-state index >= 15 is 0 Å². The van der Waals surface area contributed by atoms with E-state index in [2.05, 4.69) is 5.10 Å². The van der Waals surface area contributed by atoms with Gasteiger partial charge in [0, 0.05) is 0 Å².